The first kappa shape index (κ1) is 17.7. The van der Waals surface area contributed by atoms with E-state index in [9.17, 15) is 9.90 Å². The zero-order chi connectivity index (χ0) is 19.8. The molecule has 0 aliphatic heterocycles. The van der Waals surface area contributed by atoms with E-state index in [-0.39, 0.29) is 11.8 Å². The van der Waals surface area contributed by atoms with Gasteiger partial charge in [-0.1, -0.05) is 0 Å². The average molecular weight is 377 g/mol. The number of aromatic amines is 1. The Bertz CT molecular complexity index is 1180. The van der Waals surface area contributed by atoms with E-state index in [1.807, 2.05) is 32.0 Å². The zero-order valence-corrected chi connectivity index (χ0v) is 15.7. The third-order valence-corrected chi connectivity index (χ3v) is 4.29. The molecule has 3 heterocycles. The van der Waals surface area contributed by atoms with Crippen molar-refractivity contribution < 1.29 is 14.6 Å². The number of nitrogens with zero attached hydrogens (tertiary/aromatic N) is 4. The Morgan fingerprint density at radius 3 is 2.79 bits per heavy atom. The summed E-state index contributed by atoms with van der Waals surface area (Å²) in [5, 5.41) is 17.5. The van der Waals surface area contributed by atoms with E-state index in [4.69, 9.17) is 4.74 Å². The maximum Gasteiger partial charge on any atom is 0.352 e. The van der Waals surface area contributed by atoms with Crippen LogP contribution in [-0.2, 0) is 7.05 Å². The number of carboxylic acids is 1. The van der Waals surface area contributed by atoms with Crippen LogP contribution in [0.5, 0.6) is 5.75 Å². The maximum atomic E-state index is 11.3. The van der Waals surface area contributed by atoms with Gasteiger partial charge >= 0.3 is 5.97 Å². The molecule has 0 aliphatic rings. The number of ether oxygens (including phenoxy) is 1. The van der Waals surface area contributed by atoms with Crippen LogP contribution in [0.15, 0.2) is 42.7 Å². The van der Waals surface area contributed by atoms with Crippen molar-refractivity contribution in [2.45, 2.75) is 20.0 Å². The highest BCUT2D eigenvalue weighted by atomic mass is 16.5. The van der Waals surface area contributed by atoms with Gasteiger partial charge in [0.05, 0.1) is 17.3 Å². The molecule has 142 valence electrons. The summed E-state index contributed by atoms with van der Waals surface area (Å²) >= 11 is 0. The van der Waals surface area contributed by atoms with E-state index in [2.05, 4.69) is 20.2 Å². The van der Waals surface area contributed by atoms with Gasteiger partial charge in [0, 0.05) is 30.4 Å². The molecule has 1 aromatic carbocycles. The lowest BCUT2D eigenvalue weighted by Gasteiger charge is -2.09. The highest BCUT2D eigenvalue weighted by Crippen LogP contribution is 2.29. The van der Waals surface area contributed by atoms with E-state index < -0.39 is 5.97 Å². The third-order valence-electron chi connectivity index (χ3n) is 4.29. The molecule has 0 saturated carbocycles. The fourth-order valence-electron chi connectivity index (χ4n) is 3.06. The third kappa shape index (κ3) is 3.20. The molecule has 0 fully saturated rings. The van der Waals surface area contributed by atoms with Crippen LogP contribution >= 0.6 is 0 Å². The van der Waals surface area contributed by atoms with Crippen molar-refractivity contribution in [3.63, 3.8) is 0 Å². The van der Waals surface area contributed by atoms with Gasteiger partial charge in [-0.2, -0.15) is 5.10 Å². The van der Waals surface area contributed by atoms with Gasteiger partial charge in [-0.05, 0) is 44.2 Å². The second kappa shape index (κ2) is 6.80. The molecule has 4 aromatic rings. The second-order valence-corrected chi connectivity index (χ2v) is 6.74. The molecule has 0 bridgehead atoms. The Morgan fingerprint density at radius 1 is 1.25 bits per heavy atom. The molecule has 28 heavy (non-hydrogen) atoms. The SMILES string of the molecule is CC(C)Oc1ccc2[nH]nc(-c3nccc(-c4cc(C(=O)O)n(C)c4)n3)c2c1. The first-order valence-electron chi connectivity index (χ1n) is 8.80. The first-order valence-corrected chi connectivity index (χ1v) is 8.80. The average Bonchev–Trinajstić information content (AvgIpc) is 3.24. The minimum Gasteiger partial charge on any atom is -0.491 e. The number of hydrogen-bond acceptors (Lipinski definition) is 5. The quantitative estimate of drug-likeness (QED) is 0.551. The summed E-state index contributed by atoms with van der Waals surface area (Å²) in [6.07, 6.45) is 3.43. The summed E-state index contributed by atoms with van der Waals surface area (Å²) in [6, 6.07) is 9.04. The highest BCUT2D eigenvalue weighted by molar-refractivity contribution is 5.92. The second-order valence-electron chi connectivity index (χ2n) is 6.74. The minimum absolute atomic E-state index is 0.0638. The number of benzene rings is 1. The molecule has 0 saturated heterocycles. The lowest BCUT2D eigenvalue weighted by molar-refractivity contribution is 0.0686. The number of rotatable bonds is 5. The number of nitrogens with one attached hydrogen (secondary N) is 1. The zero-order valence-electron chi connectivity index (χ0n) is 15.7. The van der Waals surface area contributed by atoms with Crippen LogP contribution in [0.4, 0.5) is 0 Å². The number of carboxylic acid groups (broad SMARTS) is 1. The molecule has 0 spiro atoms. The Morgan fingerprint density at radius 2 is 2.07 bits per heavy atom. The predicted octanol–water partition coefficient (Wildman–Crippen LogP) is 3.51. The molecular weight excluding hydrogens is 358 g/mol. The van der Waals surface area contributed by atoms with Gasteiger partial charge in [-0.25, -0.2) is 14.8 Å². The first-order chi connectivity index (χ1) is 13.4. The summed E-state index contributed by atoms with van der Waals surface area (Å²) < 4.78 is 7.33. The molecule has 0 aliphatic carbocycles. The molecule has 0 radical (unpaired) electrons. The molecule has 0 unspecified atom stereocenters. The summed E-state index contributed by atoms with van der Waals surface area (Å²) in [5.74, 6) is 0.209. The van der Waals surface area contributed by atoms with Crippen molar-refractivity contribution in [1.82, 2.24) is 24.7 Å². The fraction of sp³-hybridized carbons (Fsp3) is 0.200. The van der Waals surface area contributed by atoms with Crippen LogP contribution in [0.1, 0.15) is 24.3 Å². The Kier molecular flexibility index (Phi) is 4.31. The van der Waals surface area contributed by atoms with Crippen LogP contribution < -0.4 is 4.74 Å². The van der Waals surface area contributed by atoms with Gasteiger partial charge in [-0.15, -0.1) is 0 Å². The molecule has 4 rings (SSSR count). The topological polar surface area (TPSA) is 106 Å². The van der Waals surface area contributed by atoms with Gasteiger partial charge in [-0.3, -0.25) is 5.10 Å². The van der Waals surface area contributed by atoms with Crippen LogP contribution in [0, 0.1) is 0 Å². The standard InChI is InChI=1S/C20H19N5O3/c1-11(2)28-13-4-5-16-14(9-13)18(24-23-16)19-21-7-6-15(22-19)12-8-17(20(26)27)25(3)10-12/h4-11H,1-3H3,(H,23,24)(H,26,27). The summed E-state index contributed by atoms with van der Waals surface area (Å²) in [4.78, 5) is 20.2. The molecule has 3 aromatic heterocycles. The number of aromatic carboxylic acids is 1. The highest BCUT2D eigenvalue weighted by Gasteiger charge is 2.16. The van der Waals surface area contributed by atoms with Crippen LogP contribution in [-0.4, -0.2) is 41.9 Å². The smallest absolute Gasteiger partial charge is 0.352 e. The van der Waals surface area contributed by atoms with E-state index in [1.165, 1.54) is 0 Å². The van der Waals surface area contributed by atoms with E-state index in [0.717, 1.165) is 16.7 Å². The van der Waals surface area contributed by atoms with Crippen molar-refractivity contribution in [2.75, 3.05) is 0 Å². The summed E-state index contributed by atoms with van der Waals surface area (Å²) in [7, 11) is 1.69. The molecular formula is C20H19N5O3. The fourth-order valence-corrected chi connectivity index (χ4v) is 3.06. The molecule has 2 N–H and O–H groups in total. The van der Waals surface area contributed by atoms with Gasteiger partial charge < -0.3 is 14.4 Å². The lowest BCUT2D eigenvalue weighted by atomic mass is 10.1. The largest absolute Gasteiger partial charge is 0.491 e. The van der Waals surface area contributed by atoms with Crippen LogP contribution in [0.25, 0.3) is 33.7 Å². The predicted molar refractivity (Wildman–Crippen MR) is 104 cm³/mol. The number of hydrogen-bond donors (Lipinski definition) is 2. The van der Waals surface area contributed by atoms with Crippen molar-refractivity contribution in [1.29, 1.82) is 0 Å². The van der Waals surface area contributed by atoms with Crippen molar-refractivity contribution in [2.24, 2.45) is 7.05 Å². The van der Waals surface area contributed by atoms with Gasteiger partial charge in [0.15, 0.2) is 5.82 Å². The van der Waals surface area contributed by atoms with E-state index >= 15 is 0 Å². The van der Waals surface area contributed by atoms with Crippen LogP contribution in [0.3, 0.4) is 0 Å². The van der Waals surface area contributed by atoms with E-state index in [0.29, 0.717) is 22.8 Å². The maximum absolute atomic E-state index is 11.3. The Hall–Kier alpha value is -3.68. The number of aryl methyl sites for hydroxylation is 1. The summed E-state index contributed by atoms with van der Waals surface area (Å²) in [5.41, 5.74) is 2.98. The minimum atomic E-state index is -0.987. The van der Waals surface area contributed by atoms with Gasteiger partial charge in [0.25, 0.3) is 0 Å². The molecule has 0 amide bonds. The monoisotopic (exact) mass is 377 g/mol. The van der Waals surface area contributed by atoms with Crippen LogP contribution in [0.2, 0.25) is 0 Å². The number of fused-ring (bicyclic) bond motifs is 1. The Labute approximate surface area is 160 Å². The van der Waals surface area contributed by atoms with Crippen molar-refractivity contribution in [3.05, 3.63) is 48.4 Å². The van der Waals surface area contributed by atoms with Gasteiger partial charge in [0.1, 0.15) is 17.1 Å². The number of H-pyrrole nitrogens is 1. The van der Waals surface area contributed by atoms with Gasteiger partial charge in [0.2, 0.25) is 0 Å². The molecule has 0 atom stereocenters. The number of carbonyl (C=O) groups is 1. The van der Waals surface area contributed by atoms with E-state index in [1.54, 1.807) is 36.1 Å². The van der Waals surface area contributed by atoms with Crippen molar-refractivity contribution >= 4 is 16.9 Å². The normalized spacial score (nSPS) is 11.3. The summed E-state index contributed by atoms with van der Waals surface area (Å²) in [6.45, 7) is 3.94. The molecule has 8 heteroatoms. The lowest BCUT2D eigenvalue weighted by Crippen LogP contribution is -2.05. The number of aromatic nitrogens is 5. The Balaban J connectivity index is 1.77. The van der Waals surface area contributed by atoms with Crippen molar-refractivity contribution in [3.8, 4) is 28.5 Å². The molecule has 8 nitrogen and oxygen atoms in total.